The first-order chi connectivity index (χ1) is 8.22. The van der Waals surface area contributed by atoms with Crippen molar-refractivity contribution >= 4 is 11.6 Å². The second kappa shape index (κ2) is 5.29. The molecule has 0 saturated carbocycles. The highest BCUT2D eigenvalue weighted by molar-refractivity contribution is 5.94. The maximum absolute atomic E-state index is 11.9. The van der Waals surface area contributed by atoms with Gasteiger partial charge in [-0.1, -0.05) is 0 Å². The number of anilines is 1. The average Bonchev–Trinajstić information content (AvgIpc) is 2.96. The number of amides is 1. The lowest BCUT2D eigenvalue weighted by Gasteiger charge is -2.11. The summed E-state index contributed by atoms with van der Waals surface area (Å²) in [5, 5.41) is 6.88. The first-order valence-corrected chi connectivity index (χ1v) is 5.91. The van der Waals surface area contributed by atoms with Gasteiger partial charge in [-0.15, -0.1) is 0 Å². The highest BCUT2D eigenvalue weighted by Crippen LogP contribution is 2.20. The van der Waals surface area contributed by atoms with E-state index in [-0.39, 0.29) is 18.1 Å². The molecule has 0 bridgehead atoms. The smallest absolute Gasteiger partial charge is 0.253 e. The molecule has 2 rings (SSSR count). The van der Waals surface area contributed by atoms with Crippen molar-refractivity contribution in [1.82, 2.24) is 9.78 Å². The Bertz CT molecular complexity index is 391. The number of nitrogens with zero attached hydrogens (tertiary/aromatic N) is 2. The fraction of sp³-hybridized carbons (Fsp3) is 0.636. The molecule has 0 spiro atoms. The van der Waals surface area contributed by atoms with E-state index in [9.17, 15) is 4.79 Å². The molecule has 2 atom stereocenters. The van der Waals surface area contributed by atoms with Crippen LogP contribution in [0.2, 0.25) is 0 Å². The molecule has 6 nitrogen and oxygen atoms in total. The molecule has 6 heteroatoms. The van der Waals surface area contributed by atoms with E-state index in [0.29, 0.717) is 12.2 Å². The van der Waals surface area contributed by atoms with Crippen molar-refractivity contribution in [3.63, 3.8) is 0 Å². The van der Waals surface area contributed by atoms with E-state index >= 15 is 0 Å². The van der Waals surface area contributed by atoms with Crippen molar-refractivity contribution in [3.8, 4) is 0 Å². The second-order valence-electron chi connectivity index (χ2n) is 4.13. The minimum absolute atomic E-state index is 0.0177. The normalized spacial score (nSPS) is 23.9. The number of aromatic nitrogens is 2. The molecule has 3 N–H and O–H groups in total. The van der Waals surface area contributed by atoms with Crippen molar-refractivity contribution in [2.24, 2.45) is 5.73 Å². The summed E-state index contributed by atoms with van der Waals surface area (Å²) in [5.41, 5.74) is 6.21. The molecule has 0 aromatic carbocycles. The van der Waals surface area contributed by atoms with Gasteiger partial charge in [0.15, 0.2) is 0 Å². The average molecular weight is 238 g/mol. The van der Waals surface area contributed by atoms with Gasteiger partial charge < -0.3 is 15.8 Å². The van der Waals surface area contributed by atoms with E-state index < -0.39 is 0 Å². The zero-order chi connectivity index (χ0) is 12.3. The van der Waals surface area contributed by atoms with Gasteiger partial charge in [-0.05, 0) is 19.8 Å². The first kappa shape index (κ1) is 12.1. The van der Waals surface area contributed by atoms with Crippen LogP contribution in [0.1, 0.15) is 19.8 Å². The number of aryl methyl sites for hydroxylation is 1. The lowest BCUT2D eigenvalue weighted by molar-refractivity contribution is -0.126. The first-order valence-electron chi connectivity index (χ1n) is 5.91. The molecule has 2 heterocycles. The summed E-state index contributed by atoms with van der Waals surface area (Å²) in [6, 6.07) is 0. The Morgan fingerprint density at radius 1 is 1.71 bits per heavy atom. The lowest BCUT2D eigenvalue weighted by atomic mass is 10.2. The van der Waals surface area contributed by atoms with Crippen molar-refractivity contribution in [2.75, 3.05) is 11.9 Å². The Balaban J connectivity index is 1.89. The highest BCUT2D eigenvalue weighted by Gasteiger charge is 2.29. The molecule has 1 saturated heterocycles. The van der Waals surface area contributed by atoms with E-state index in [1.807, 2.05) is 6.92 Å². The predicted molar refractivity (Wildman–Crippen MR) is 63.5 cm³/mol. The van der Waals surface area contributed by atoms with Crippen molar-refractivity contribution in [2.45, 2.75) is 38.5 Å². The van der Waals surface area contributed by atoms with Crippen LogP contribution < -0.4 is 11.1 Å². The zero-order valence-electron chi connectivity index (χ0n) is 9.93. The highest BCUT2D eigenvalue weighted by atomic mass is 16.5. The summed E-state index contributed by atoms with van der Waals surface area (Å²) in [6.07, 6.45) is 4.65. The van der Waals surface area contributed by atoms with Crippen LogP contribution in [-0.2, 0) is 16.1 Å². The maximum atomic E-state index is 11.9. The number of carbonyl (C=O) groups is 1. The lowest BCUT2D eigenvalue weighted by Crippen LogP contribution is -2.29. The standard InChI is InChI=1S/C11H18N4O2/c1-2-15-7-8(6-13-15)14-11(16)10-4-3-9(5-12)17-10/h6-7,9-10H,2-5,12H2,1H3,(H,14,16). The van der Waals surface area contributed by atoms with Gasteiger partial charge in [0.2, 0.25) is 0 Å². The van der Waals surface area contributed by atoms with Gasteiger partial charge in [-0.25, -0.2) is 0 Å². The molecule has 1 aliphatic heterocycles. The Labute approximate surface area is 100 Å². The van der Waals surface area contributed by atoms with E-state index in [4.69, 9.17) is 10.5 Å². The largest absolute Gasteiger partial charge is 0.364 e. The van der Waals surface area contributed by atoms with E-state index in [1.165, 1.54) is 0 Å². The Kier molecular flexibility index (Phi) is 3.75. The fourth-order valence-corrected chi connectivity index (χ4v) is 1.90. The van der Waals surface area contributed by atoms with Crippen LogP contribution >= 0.6 is 0 Å². The molecule has 1 aliphatic rings. The minimum Gasteiger partial charge on any atom is -0.364 e. The van der Waals surface area contributed by atoms with Crippen LogP contribution in [0.15, 0.2) is 12.4 Å². The maximum Gasteiger partial charge on any atom is 0.253 e. The number of nitrogens with one attached hydrogen (secondary N) is 1. The van der Waals surface area contributed by atoms with Crippen molar-refractivity contribution in [1.29, 1.82) is 0 Å². The summed E-state index contributed by atoms with van der Waals surface area (Å²) in [4.78, 5) is 11.9. The van der Waals surface area contributed by atoms with Crippen LogP contribution in [0.25, 0.3) is 0 Å². The van der Waals surface area contributed by atoms with Gasteiger partial charge in [0.1, 0.15) is 6.10 Å². The Morgan fingerprint density at radius 2 is 2.53 bits per heavy atom. The third-order valence-electron chi connectivity index (χ3n) is 2.89. The van der Waals surface area contributed by atoms with Crippen LogP contribution in [0, 0.1) is 0 Å². The van der Waals surface area contributed by atoms with Crippen LogP contribution in [0.4, 0.5) is 5.69 Å². The van der Waals surface area contributed by atoms with E-state index in [1.54, 1.807) is 17.1 Å². The van der Waals surface area contributed by atoms with Crippen LogP contribution in [0.5, 0.6) is 0 Å². The number of ether oxygens (including phenoxy) is 1. The molecular formula is C11H18N4O2. The summed E-state index contributed by atoms with van der Waals surface area (Å²) in [7, 11) is 0. The van der Waals surface area contributed by atoms with Gasteiger partial charge >= 0.3 is 0 Å². The van der Waals surface area contributed by atoms with Gasteiger partial charge in [0.25, 0.3) is 5.91 Å². The zero-order valence-corrected chi connectivity index (χ0v) is 9.93. The number of hydrogen-bond donors (Lipinski definition) is 2. The SMILES string of the molecule is CCn1cc(NC(=O)C2CCC(CN)O2)cn1. The monoisotopic (exact) mass is 238 g/mol. The third kappa shape index (κ3) is 2.83. The van der Waals surface area contributed by atoms with E-state index in [0.717, 1.165) is 19.4 Å². The topological polar surface area (TPSA) is 82.2 Å². The number of rotatable bonds is 4. The van der Waals surface area contributed by atoms with Gasteiger partial charge in [0.05, 0.1) is 18.0 Å². The molecule has 1 fully saturated rings. The van der Waals surface area contributed by atoms with E-state index in [2.05, 4.69) is 10.4 Å². The molecule has 1 aromatic rings. The molecule has 94 valence electrons. The van der Waals surface area contributed by atoms with Crippen molar-refractivity contribution < 1.29 is 9.53 Å². The van der Waals surface area contributed by atoms with Gasteiger partial charge in [-0.3, -0.25) is 9.48 Å². The van der Waals surface area contributed by atoms with Gasteiger partial charge in [-0.2, -0.15) is 5.10 Å². The summed E-state index contributed by atoms with van der Waals surface area (Å²) >= 11 is 0. The molecule has 2 unspecified atom stereocenters. The number of hydrogen-bond acceptors (Lipinski definition) is 4. The molecule has 0 radical (unpaired) electrons. The van der Waals surface area contributed by atoms with Crippen LogP contribution in [0.3, 0.4) is 0 Å². The van der Waals surface area contributed by atoms with Gasteiger partial charge in [0, 0.05) is 19.3 Å². The number of carbonyl (C=O) groups excluding carboxylic acids is 1. The molecule has 0 aliphatic carbocycles. The Hall–Kier alpha value is -1.40. The second-order valence-corrected chi connectivity index (χ2v) is 4.13. The number of nitrogens with two attached hydrogens (primary N) is 1. The molecule has 17 heavy (non-hydrogen) atoms. The predicted octanol–water partition coefficient (Wildman–Crippen LogP) is 0.348. The minimum atomic E-state index is -0.381. The quantitative estimate of drug-likeness (QED) is 0.793. The Morgan fingerprint density at radius 3 is 3.12 bits per heavy atom. The summed E-state index contributed by atoms with van der Waals surface area (Å²) in [6.45, 7) is 3.24. The van der Waals surface area contributed by atoms with Crippen LogP contribution in [-0.4, -0.2) is 34.4 Å². The fourth-order valence-electron chi connectivity index (χ4n) is 1.90. The third-order valence-corrected chi connectivity index (χ3v) is 2.89. The molecule has 1 aromatic heterocycles. The summed E-state index contributed by atoms with van der Waals surface area (Å²) in [5.74, 6) is -0.114. The van der Waals surface area contributed by atoms with Crippen molar-refractivity contribution in [3.05, 3.63) is 12.4 Å². The molecule has 1 amide bonds. The summed E-state index contributed by atoms with van der Waals surface area (Å²) < 4.78 is 7.27. The molecular weight excluding hydrogens is 220 g/mol.